The number of halogens is 1. The Balaban J connectivity index is 1.72. The molecular formula is C23H27FN4O4. The van der Waals surface area contributed by atoms with E-state index in [9.17, 15) is 9.18 Å². The van der Waals surface area contributed by atoms with Crippen LogP contribution in [0.15, 0.2) is 48.8 Å². The minimum Gasteiger partial charge on any atom is -0.497 e. The number of rotatable bonds is 11. The Morgan fingerprint density at radius 3 is 2.72 bits per heavy atom. The Morgan fingerprint density at radius 2 is 2.00 bits per heavy atom. The quantitative estimate of drug-likeness (QED) is 0.442. The van der Waals surface area contributed by atoms with Crippen LogP contribution in [0.25, 0.3) is 11.1 Å². The fourth-order valence-corrected chi connectivity index (χ4v) is 2.98. The summed E-state index contributed by atoms with van der Waals surface area (Å²) < 4.78 is 31.3. The van der Waals surface area contributed by atoms with Gasteiger partial charge in [0, 0.05) is 36.0 Å². The molecule has 0 unspecified atom stereocenters. The molecule has 0 spiro atoms. The van der Waals surface area contributed by atoms with Gasteiger partial charge in [-0.25, -0.2) is 4.39 Å². The van der Waals surface area contributed by atoms with Crippen molar-refractivity contribution in [2.75, 3.05) is 46.3 Å². The molecule has 0 bridgehead atoms. The Morgan fingerprint density at radius 1 is 1.19 bits per heavy atom. The van der Waals surface area contributed by atoms with Gasteiger partial charge in [0.1, 0.15) is 23.1 Å². The van der Waals surface area contributed by atoms with Gasteiger partial charge in [0.2, 0.25) is 0 Å². The first-order chi connectivity index (χ1) is 15.5. The third-order valence-electron chi connectivity index (χ3n) is 4.57. The van der Waals surface area contributed by atoms with Crippen LogP contribution in [0.2, 0.25) is 0 Å². The molecule has 0 aliphatic heterocycles. The van der Waals surface area contributed by atoms with Crippen molar-refractivity contribution in [1.29, 1.82) is 0 Å². The van der Waals surface area contributed by atoms with Crippen molar-refractivity contribution in [1.82, 2.24) is 15.1 Å². The Hall–Kier alpha value is -3.59. The molecule has 0 saturated heterocycles. The van der Waals surface area contributed by atoms with Gasteiger partial charge >= 0.3 is 0 Å². The molecule has 3 aromatic rings. The summed E-state index contributed by atoms with van der Waals surface area (Å²) in [5.74, 6) is 0.530. The molecule has 1 heterocycles. The van der Waals surface area contributed by atoms with Crippen LogP contribution < -0.4 is 19.5 Å². The summed E-state index contributed by atoms with van der Waals surface area (Å²) in [6, 6.07) is 9.73. The number of hydrogen-bond donors (Lipinski definition) is 2. The zero-order chi connectivity index (χ0) is 22.9. The van der Waals surface area contributed by atoms with Crippen molar-refractivity contribution in [3.05, 3.63) is 54.6 Å². The lowest BCUT2D eigenvalue weighted by atomic mass is 10.1. The lowest BCUT2D eigenvalue weighted by Crippen LogP contribution is -2.21. The molecule has 1 amide bonds. The van der Waals surface area contributed by atoms with E-state index in [1.807, 2.05) is 19.0 Å². The van der Waals surface area contributed by atoms with E-state index < -0.39 is 11.7 Å². The third-order valence-corrected chi connectivity index (χ3v) is 4.57. The first kappa shape index (κ1) is 23.1. The highest BCUT2D eigenvalue weighted by atomic mass is 19.1. The van der Waals surface area contributed by atoms with Crippen LogP contribution in [-0.4, -0.2) is 62.0 Å². The molecule has 0 aliphatic rings. The van der Waals surface area contributed by atoms with Crippen molar-refractivity contribution in [3.63, 3.8) is 0 Å². The minimum absolute atomic E-state index is 0.235. The van der Waals surface area contributed by atoms with E-state index in [0.29, 0.717) is 35.0 Å². The predicted octanol–water partition coefficient (Wildman–Crippen LogP) is 3.57. The smallest absolute Gasteiger partial charge is 0.262 e. The van der Waals surface area contributed by atoms with Gasteiger partial charge in [-0.05, 0) is 38.7 Å². The molecule has 0 saturated carbocycles. The number of anilines is 1. The van der Waals surface area contributed by atoms with Gasteiger partial charge in [0.15, 0.2) is 6.61 Å². The Labute approximate surface area is 186 Å². The van der Waals surface area contributed by atoms with E-state index in [1.54, 1.807) is 43.6 Å². The van der Waals surface area contributed by atoms with Crippen molar-refractivity contribution in [2.24, 2.45) is 0 Å². The molecule has 2 N–H and O–H groups in total. The lowest BCUT2D eigenvalue weighted by Gasteiger charge is -2.16. The Bertz CT molecular complexity index is 1020. The molecule has 8 nitrogen and oxygen atoms in total. The van der Waals surface area contributed by atoms with Gasteiger partial charge in [-0.2, -0.15) is 5.10 Å². The topological polar surface area (TPSA) is 88.7 Å². The van der Waals surface area contributed by atoms with Crippen molar-refractivity contribution in [2.45, 2.75) is 6.42 Å². The standard InChI is InChI=1S/C23H27FN4O4/c1-28(2)8-5-9-31-22-11-19(16-13-25-26-14-16)20(24)12-21(22)27-23(29)15-32-18-7-4-6-17(10-18)30-3/h4,6-7,10-14H,5,8-9,15H2,1-3H3,(H,25,26)(H,27,29). The van der Waals surface area contributed by atoms with E-state index in [4.69, 9.17) is 14.2 Å². The lowest BCUT2D eigenvalue weighted by molar-refractivity contribution is -0.118. The van der Waals surface area contributed by atoms with Crippen LogP contribution in [0.3, 0.4) is 0 Å². The van der Waals surface area contributed by atoms with Crippen LogP contribution >= 0.6 is 0 Å². The molecule has 0 aliphatic carbocycles. The number of carbonyl (C=O) groups is 1. The van der Waals surface area contributed by atoms with Gasteiger partial charge in [-0.15, -0.1) is 0 Å². The number of hydrogen-bond acceptors (Lipinski definition) is 6. The van der Waals surface area contributed by atoms with Crippen molar-refractivity contribution < 1.29 is 23.4 Å². The zero-order valence-electron chi connectivity index (χ0n) is 18.4. The van der Waals surface area contributed by atoms with Crippen LogP contribution in [-0.2, 0) is 4.79 Å². The number of benzene rings is 2. The second kappa shape index (κ2) is 11.1. The summed E-state index contributed by atoms with van der Waals surface area (Å²) in [5.41, 5.74) is 1.14. The normalized spacial score (nSPS) is 10.8. The predicted molar refractivity (Wildman–Crippen MR) is 120 cm³/mol. The maximum atomic E-state index is 14.8. The highest BCUT2D eigenvalue weighted by molar-refractivity contribution is 5.94. The van der Waals surface area contributed by atoms with Gasteiger partial charge in [-0.1, -0.05) is 6.07 Å². The SMILES string of the molecule is COc1cccc(OCC(=O)Nc2cc(F)c(-c3cn[nH]c3)cc2OCCCN(C)C)c1. The van der Waals surface area contributed by atoms with Gasteiger partial charge in [-0.3, -0.25) is 9.89 Å². The van der Waals surface area contributed by atoms with Gasteiger partial charge < -0.3 is 24.4 Å². The average Bonchev–Trinajstić information content (AvgIpc) is 3.31. The van der Waals surface area contributed by atoms with Crippen molar-refractivity contribution in [3.8, 4) is 28.4 Å². The number of H-pyrrole nitrogens is 1. The number of aromatic amines is 1. The summed E-state index contributed by atoms with van der Waals surface area (Å²) >= 11 is 0. The summed E-state index contributed by atoms with van der Waals surface area (Å²) in [6.07, 6.45) is 3.89. The molecule has 9 heteroatoms. The van der Waals surface area contributed by atoms with Crippen LogP contribution in [0.5, 0.6) is 17.2 Å². The first-order valence-electron chi connectivity index (χ1n) is 10.1. The fraction of sp³-hybridized carbons (Fsp3) is 0.304. The van der Waals surface area contributed by atoms with E-state index >= 15 is 0 Å². The molecule has 32 heavy (non-hydrogen) atoms. The maximum Gasteiger partial charge on any atom is 0.262 e. The number of carbonyl (C=O) groups excluding carboxylic acids is 1. The van der Waals surface area contributed by atoms with E-state index in [-0.39, 0.29) is 12.3 Å². The number of methoxy groups -OCH3 is 1. The van der Waals surface area contributed by atoms with Crippen LogP contribution in [0.1, 0.15) is 6.42 Å². The summed E-state index contributed by atoms with van der Waals surface area (Å²) in [7, 11) is 5.50. The van der Waals surface area contributed by atoms with E-state index in [0.717, 1.165) is 13.0 Å². The largest absolute Gasteiger partial charge is 0.497 e. The third kappa shape index (κ3) is 6.45. The number of ether oxygens (including phenoxy) is 3. The monoisotopic (exact) mass is 442 g/mol. The molecular weight excluding hydrogens is 415 g/mol. The van der Waals surface area contributed by atoms with Crippen LogP contribution in [0.4, 0.5) is 10.1 Å². The average molecular weight is 442 g/mol. The Kier molecular flexibility index (Phi) is 8.04. The zero-order valence-corrected chi connectivity index (χ0v) is 18.4. The second-order valence-electron chi connectivity index (χ2n) is 7.34. The highest BCUT2D eigenvalue weighted by Crippen LogP contribution is 2.33. The molecule has 0 radical (unpaired) electrons. The molecule has 3 rings (SSSR count). The summed E-state index contributed by atoms with van der Waals surface area (Å²) in [6.45, 7) is 1.00. The molecule has 170 valence electrons. The molecule has 2 aromatic carbocycles. The summed E-state index contributed by atoms with van der Waals surface area (Å²) in [5, 5.41) is 9.21. The maximum absolute atomic E-state index is 14.8. The highest BCUT2D eigenvalue weighted by Gasteiger charge is 2.16. The molecule has 0 atom stereocenters. The van der Waals surface area contributed by atoms with Crippen LogP contribution in [0, 0.1) is 5.82 Å². The first-order valence-corrected chi connectivity index (χ1v) is 10.1. The second-order valence-corrected chi connectivity index (χ2v) is 7.34. The fourth-order valence-electron chi connectivity index (χ4n) is 2.98. The molecule has 1 aromatic heterocycles. The number of amides is 1. The number of nitrogens with one attached hydrogen (secondary N) is 2. The van der Waals surface area contributed by atoms with Gasteiger partial charge in [0.25, 0.3) is 5.91 Å². The minimum atomic E-state index is -0.504. The molecule has 0 fully saturated rings. The van der Waals surface area contributed by atoms with Crippen molar-refractivity contribution >= 4 is 11.6 Å². The summed E-state index contributed by atoms with van der Waals surface area (Å²) in [4.78, 5) is 14.5. The van der Waals surface area contributed by atoms with Gasteiger partial charge in [0.05, 0.1) is 25.6 Å². The van der Waals surface area contributed by atoms with E-state index in [2.05, 4.69) is 15.5 Å². The number of nitrogens with zero attached hydrogens (tertiary/aromatic N) is 2. The number of aromatic nitrogens is 2. The van der Waals surface area contributed by atoms with E-state index in [1.165, 1.54) is 12.3 Å².